The summed E-state index contributed by atoms with van der Waals surface area (Å²) in [6.45, 7) is 32.3. The molecule has 0 nitrogen and oxygen atoms in total. The van der Waals surface area contributed by atoms with Gasteiger partial charge < -0.3 is 0 Å². The van der Waals surface area contributed by atoms with Crippen molar-refractivity contribution < 1.29 is 20.4 Å². The maximum atomic E-state index is 3.25. The smallest absolute Gasteiger partial charge is 0.245 e. The second-order valence-corrected chi connectivity index (χ2v) is 13.5. The van der Waals surface area contributed by atoms with E-state index in [0.717, 1.165) is 22.6 Å². The summed E-state index contributed by atoms with van der Waals surface area (Å²) in [7, 11) is 0.511. The largest absolute Gasteiger partial charge is 2.00 e. The third-order valence-electron chi connectivity index (χ3n) is 3.27. The van der Waals surface area contributed by atoms with E-state index >= 15 is 0 Å². The van der Waals surface area contributed by atoms with E-state index in [1.165, 1.54) is 24.5 Å². The maximum absolute atomic E-state index is 3.25. The summed E-state index contributed by atoms with van der Waals surface area (Å²) in [4.78, 5) is 0. The molecule has 0 aliphatic carbocycles. The van der Waals surface area contributed by atoms with Crippen molar-refractivity contribution in [2.24, 2.45) is 0 Å². The molecule has 0 radical (unpaired) electrons. The normalized spacial score (nSPS) is 10.2. The van der Waals surface area contributed by atoms with E-state index in [1.54, 1.807) is 0 Å². The molecule has 0 aromatic heterocycles. The van der Waals surface area contributed by atoms with Crippen LogP contribution >= 0.6 is 15.8 Å². The van der Waals surface area contributed by atoms with Gasteiger partial charge in [-0.3, -0.25) is 0 Å². The van der Waals surface area contributed by atoms with Crippen LogP contribution in [0.5, 0.6) is 0 Å². The van der Waals surface area contributed by atoms with E-state index in [4.69, 9.17) is 0 Å². The number of hydrogen-bond acceptors (Lipinski definition) is 0. The van der Waals surface area contributed by atoms with Crippen molar-refractivity contribution >= 4 is 15.8 Å². The molecule has 0 aliphatic heterocycles. The zero-order valence-corrected chi connectivity index (χ0v) is 20.3. The van der Waals surface area contributed by atoms with Crippen molar-refractivity contribution in [3.63, 3.8) is 0 Å². The molecule has 0 aromatic carbocycles. The predicted molar refractivity (Wildman–Crippen MR) is 115 cm³/mol. The Bertz CT molecular complexity index is 206. The van der Waals surface area contributed by atoms with E-state index in [-0.39, 0.29) is 36.3 Å². The maximum Gasteiger partial charge on any atom is 2.00 e. The van der Waals surface area contributed by atoms with Gasteiger partial charge in [-0.2, -0.15) is 0 Å². The third-order valence-corrected chi connectivity index (χ3v) is 10.4. The van der Waals surface area contributed by atoms with Crippen LogP contribution in [-0.4, -0.2) is 35.0 Å². The first-order valence-corrected chi connectivity index (χ1v) is 11.7. The van der Waals surface area contributed by atoms with Crippen molar-refractivity contribution in [1.29, 1.82) is 0 Å². The topological polar surface area (TPSA) is 0 Å². The summed E-state index contributed by atoms with van der Waals surface area (Å²) < 4.78 is 0. The van der Waals surface area contributed by atoms with Crippen molar-refractivity contribution in [2.75, 3.05) is 12.3 Å². The molecule has 0 bridgehead atoms. The molecule has 0 aliphatic rings. The van der Waals surface area contributed by atoms with Gasteiger partial charge in [-0.25, -0.2) is 39.2 Å². The molecule has 0 spiro atoms. The van der Waals surface area contributed by atoms with Crippen molar-refractivity contribution in [3.05, 3.63) is 39.2 Å². The fraction of sp³-hybridized carbons (Fsp3) is 0.700. The summed E-state index contributed by atoms with van der Waals surface area (Å²) in [5, 5.41) is 0. The van der Waals surface area contributed by atoms with E-state index in [2.05, 4.69) is 82.4 Å². The summed E-state index contributed by atoms with van der Waals surface area (Å²) in [6.07, 6.45) is 6.01. The molecule has 0 rings (SSSR count). The fourth-order valence-electron chi connectivity index (χ4n) is 2.46. The van der Waals surface area contributed by atoms with Crippen molar-refractivity contribution in [3.8, 4) is 0 Å². The SMILES string of the molecule is C=C[CH2-].C=C[CH2-].CC(C)P(CCP(C(C)C)C(C)C)C(C)C.[Pd+2]. The quantitative estimate of drug-likeness (QED) is 0.213. The summed E-state index contributed by atoms with van der Waals surface area (Å²) >= 11 is 0. The Morgan fingerprint density at radius 1 is 0.652 bits per heavy atom. The minimum atomic E-state index is 0. The van der Waals surface area contributed by atoms with Crippen LogP contribution < -0.4 is 0 Å². The van der Waals surface area contributed by atoms with Crippen LogP contribution in [0.1, 0.15) is 55.4 Å². The van der Waals surface area contributed by atoms with Crippen LogP contribution in [0.2, 0.25) is 0 Å². The van der Waals surface area contributed by atoms with Gasteiger partial charge in [-0.15, -0.1) is 15.8 Å². The van der Waals surface area contributed by atoms with Gasteiger partial charge in [-0.05, 0) is 35.0 Å². The zero-order chi connectivity index (χ0) is 18.3. The molecule has 0 heterocycles. The minimum absolute atomic E-state index is 0. The van der Waals surface area contributed by atoms with Crippen LogP contribution in [0.15, 0.2) is 25.3 Å². The van der Waals surface area contributed by atoms with Gasteiger partial charge in [0.05, 0.1) is 0 Å². The third kappa shape index (κ3) is 20.7. The van der Waals surface area contributed by atoms with Gasteiger partial charge in [0.25, 0.3) is 0 Å². The zero-order valence-electron chi connectivity index (χ0n) is 16.9. The average Bonchev–Trinajstić information content (AvgIpc) is 2.34. The number of hydrogen-bond donors (Lipinski definition) is 0. The first kappa shape index (κ1) is 31.5. The van der Waals surface area contributed by atoms with Crippen LogP contribution in [0.3, 0.4) is 0 Å². The second kappa shape index (κ2) is 20.8. The fourth-order valence-corrected chi connectivity index (χ4v) is 8.75. The molecule has 0 saturated carbocycles. The molecule has 0 N–H and O–H groups in total. The van der Waals surface area contributed by atoms with Crippen molar-refractivity contribution in [2.45, 2.75) is 78.0 Å². The van der Waals surface area contributed by atoms with E-state index < -0.39 is 0 Å². The Morgan fingerprint density at radius 2 is 0.783 bits per heavy atom. The van der Waals surface area contributed by atoms with Gasteiger partial charge in [0, 0.05) is 0 Å². The monoisotopic (exact) mass is 450 g/mol. The summed E-state index contributed by atoms with van der Waals surface area (Å²) in [5.41, 5.74) is 3.63. The molecule has 0 atom stereocenters. The van der Waals surface area contributed by atoms with Gasteiger partial charge in [0.1, 0.15) is 0 Å². The first-order chi connectivity index (χ1) is 10.1. The molecule has 23 heavy (non-hydrogen) atoms. The van der Waals surface area contributed by atoms with E-state index in [9.17, 15) is 0 Å². The Labute approximate surface area is 165 Å². The molecule has 0 saturated heterocycles. The van der Waals surface area contributed by atoms with Gasteiger partial charge >= 0.3 is 20.4 Å². The first-order valence-electron chi connectivity index (χ1n) is 8.42. The number of allylic oxidation sites excluding steroid dienone is 2. The second-order valence-electron chi connectivity index (χ2n) is 6.43. The standard InChI is InChI=1S/C14H32P2.2C3H5.Pd/c1-11(2)15(12(3)4)9-10-16(13(5)6)14(7)8;2*1-3-2;/h11-14H,9-10H2,1-8H3;2*3H,1-2H2;/q;2*-1;+2. The Kier molecular flexibility index (Phi) is 28.5. The Balaban J connectivity index is -0.000000223. The minimum Gasteiger partial charge on any atom is -0.245 e. The molecule has 142 valence electrons. The Morgan fingerprint density at radius 3 is 0.870 bits per heavy atom. The molecular formula is C20H42P2Pd. The summed E-state index contributed by atoms with van der Waals surface area (Å²) in [5.74, 6) is 0. The number of rotatable bonds is 7. The van der Waals surface area contributed by atoms with Crippen LogP contribution in [-0.2, 0) is 20.4 Å². The Hall–Kier alpha value is 0.742. The molecule has 0 unspecified atom stereocenters. The summed E-state index contributed by atoms with van der Waals surface area (Å²) in [6, 6.07) is 0. The molecule has 0 fully saturated rings. The molecular weight excluding hydrogens is 409 g/mol. The van der Waals surface area contributed by atoms with Crippen LogP contribution in [0.4, 0.5) is 0 Å². The van der Waals surface area contributed by atoms with Gasteiger partial charge in [0.2, 0.25) is 0 Å². The van der Waals surface area contributed by atoms with Gasteiger partial charge in [0.15, 0.2) is 0 Å². The molecule has 3 heteroatoms. The average molecular weight is 451 g/mol. The molecule has 0 amide bonds. The van der Waals surface area contributed by atoms with Crippen LogP contribution in [0, 0.1) is 13.8 Å². The van der Waals surface area contributed by atoms with E-state index in [0.29, 0.717) is 0 Å². The van der Waals surface area contributed by atoms with Gasteiger partial charge in [-0.1, -0.05) is 55.4 Å². The van der Waals surface area contributed by atoms with Crippen molar-refractivity contribution in [1.82, 2.24) is 0 Å². The van der Waals surface area contributed by atoms with E-state index in [1.807, 2.05) is 0 Å². The van der Waals surface area contributed by atoms with Crippen LogP contribution in [0.25, 0.3) is 0 Å². The predicted octanol–water partition coefficient (Wildman–Crippen LogP) is 7.59. The molecule has 0 aromatic rings.